The molecule has 1 aliphatic rings. The maximum Gasteiger partial charge on any atom is 0.171 e. The number of rotatable bonds is 1. The minimum Gasteiger partial charge on any atom is -0.294 e. The SMILES string of the molecule is CC(=O)C1=CC(C)(C)CC(C)(C)C1=O. The molecule has 78 valence electrons. The zero-order valence-corrected chi connectivity index (χ0v) is 9.60. The molecule has 2 heteroatoms. The van der Waals surface area contributed by atoms with Crippen LogP contribution >= 0.6 is 0 Å². The molecule has 0 atom stereocenters. The summed E-state index contributed by atoms with van der Waals surface area (Å²) >= 11 is 0. The van der Waals surface area contributed by atoms with Gasteiger partial charge in [0.25, 0.3) is 0 Å². The second-order valence-corrected chi connectivity index (χ2v) is 5.49. The Morgan fingerprint density at radius 2 is 1.79 bits per heavy atom. The van der Waals surface area contributed by atoms with Crippen molar-refractivity contribution in [2.45, 2.75) is 41.0 Å². The summed E-state index contributed by atoms with van der Waals surface area (Å²) in [5, 5.41) is 0. The molecule has 0 fully saturated rings. The number of hydrogen-bond acceptors (Lipinski definition) is 2. The Bertz CT molecular complexity index is 319. The molecule has 0 unspecified atom stereocenters. The molecule has 0 heterocycles. The molecule has 0 radical (unpaired) electrons. The first kappa shape index (κ1) is 11.2. The van der Waals surface area contributed by atoms with Crippen molar-refractivity contribution in [3.05, 3.63) is 11.6 Å². The Morgan fingerprint density at radius 3 is 2.21 bits per heavy atom. The van der Waals surface area contributed by atoms with Gasteiger partial charge < -0.3 is 0 Å². The molecule has 0 saturated heterocycles. The van der Waals surface area contributed by atoms with E-state index in [-0.39, 0.29) is 17.0 Å². The van der Waals surface area contributed by atoms with Crippen molar-refractivity contribution in [1.82, 2.24) is 0 Å². The molecule has 0 aromatic rings. The first-order valence-electron chi connectivity index (χ1n) is 4.94. The second kappa shape index (κ2) is 3.04. The van der Waals surface area contributed by atoms with Crippen LogP contribution in [0.2, 0.25) is 0 Å². The lowest BCUT2D eigenvalue weighted by Crippen LogP contribution is -2.37. The molecular weight excluding hydrogens is 176 g/mol. The Hall–Kier alpha value is -0.920. The van der Waals surface area contributed by atoms with Gasteiger partial charge in [-0.15, -0.1) is 0 Å². The molecule has 0 saturated carbocycles. The van der Waals surface area contributed by atoms with Crippen LogP contribution in [0.4, 0.5) is 0 Å². The Labute approximate surface area is 85.4 Å². The van der Waals surface area contributed by atoms with E-state index in [1.165, 1.54) is 6.92 Å². The maximum atomic E-state index is 11.9. The van der Waals surface area contributed by atoms with Crippen molar-refractivity contribution in [2.75, 3.05) is 0 Å². The van der Waals surface area contributed by atoms with Crippen LogP contribution in [0.25, 0.3) is 0 Å². The zero-order valence-electron chi connectivity index (χ0n) is 9.60. The van der Waals surface area contributed by atoms with Gasteiger partial charge in [0.1, 0.15) is 0 Å². The molecule has 2 nitrogen and oxygen atoms in total. The summed E-state index contributed by atoms with van der Waals surface area (Å²) in [6.45, 7) is 9.40. The Kier molecular flexibility index (Phi) is 2.42. The summed E-state index contributed by atoms with van der Waals surface area (Å²) in [5.41, 5.74) is -0.0799. The fourth-order valence-electron chi connectivity index (χ4n) is 2.35. The minimum atomic E-state index is -0.404. The van der Waals surface area contributed by atoms with Gasteiger partial charge in [-0.3, -0.25) is 9.59 Å². The van der Waals surface area contributed by atoms with E-state index < -0.39 is 5.41 Å². The molecule has 0 amide bonds. The lowest BCUT2D eigenvalue weighted by Gasteiger charge is -2.37. The second-order valence-electron chi connectivity index (χ2n) is 5.49. The standard InChI is InChI=1S/C12H18O2/c1-8(13)9-6-11(2,3)7-12(4,5)10(9)14/h6H,7H2,1-5H3. The van der Waals surface area contributed by atoms with Crippen LogP contribution in [0.3, 0.4) is 0 Å². The third kappa shape index (κ3) is 1.94. The molecule has 1 aliphatic carbocycles. The van der Waals surface area contributed by atoms with Crippen LogP contribution in [-0.4, -0.2) is 11.6 Å². The van der Waals surface area contributed by atoms with E-state index in [9.17, 15) is 9.59 Å². The van der Waals surface area contributed by atoms with Gasteiger partial charge in [-0.05, 0) is 18.8 Å². The van der Waals surface area contributed by atoms with Crippen LogP contribution in [0.15, 0.2) is 11.6 Å². The largest absolute Gasteiger partial charge is 0.294 e. The first-order valence-corrected chi connectivity index (χ1v) is 4.94. The summed E-state index contributed by atoms with van der Waals surface area (Å²) in [6.07, 6.45) is 2.62. The van der Waals surface area contributed by atoms with Crippen molar-refractivity contribution in [3.8, 4) is 0 Å². The van der Waals surface area contributed by atoms with Gasteiger partial charge in [-0.1, -0.05) is 33.8 Å². The summed E-state index contributed by atoms with van der Waals surface area (Å²) in [6, 6.07) is 0. The van der Waals surface area contributed by atoms with E-state index in [1.807, 2.05) is 19.9 Å². The van der Waals surface area contributed by atoms with Crippen molar-refractivity contribution in [1.29, 1.82) is 0 Å². The number of ketones is 2. The van der Waals surface area contributed by atoms with Crippen LogP contribution in [0.5, 0.6) is 0 Å². The fourth-order valence-corrected chi connectivity index (χ4v) is 2.35. The first-order chi connectivity index (χ1) is 6.16. The molecule has 0 aromatic heterocycles. The fraction of sp³-hybridized carbons (Fsp3) is 0.667. The molecule has 0 N–H and O–H groups in total. The highest BCUT2D eigenvalue weighted by Crippen LogP contribution is 2.42. The average molecular weight is 194 g/mol. The van der Waals surface area contributed by atoms with Gasteiger partial charge in [0, 0.05) is 5.41 Å². The highest BCUT2D eigenvalue weighted by atomic mass is 16.1. The number of hydrogen-bond donors (Lipinski definition) is 0. The van der Waals surface area contributed by atoms with Crippen LogP contribution in [0.1, 0.15) is 41.0 Å². The van der Waals surface area contributed by atoms with Crippen molar-refractivity contribution in [3.63, 3.8) is 0 Å². The average Bonchev–Trinajstić information content (AvgIpc) is 1.94. The normalized spacial score (nSPS) is 24.4. The molecule has 0 aromatic carbocycles. The van der Waals surface area contributed by atoms with Gasteiger partial charge >= 0.3 is 0 Å². The zero-order chi connectivity index (χ0) is 11.1. The molecule has 0 bridgehead atoms. The highest BCUT2D eigenvalue weighted by molar-refractivity contribution is 6.21. The van der Waals surface area contributed by atoms with Crippen LogP contribution in [-0.2, 0) is 9.59 Å². The molecule has 1 rings (SSSR count). The Morgan fingerprint density at radius 1 is 1.29 bits per heavy atom. The lowest BCUT2D eigenvalue weighted by molar-refractivity contribution is -0.128. The maximum absolute atomic E-state index is 11.9. The third-order valence-electron chi connectivity index (χ3n) is 2.67. The third-order valence-corrected chi connectivity index (χ3v) is 2.67. The van der Waals surface area contributed by atoms with E-state index in [0.29, 0.717) is 5.57 Å². The summed E-state index contributed by atoms with van der Waals surface area (Å²) in [4.78, 5) is 23.2. The molecular formula is C12H18O2. The summed E-state index contributed by atoms with van der Waals surface area (Å²) in [5.74, 6) is -0.125. The van der Waals surface area contributed by atoms with Crippen molar-refractivity contribution >= 4 is 11.6 Å². The van der Waals surface area contributed by atoms with E-state index in [2.05, 4.69) is 13.8 Å². The Balaban J connectivity index is 3.22. The predicted octanol–water partition coefficient (Wildman–Crippen LogP) is 2.53. The number of carbonyl (C=O) groups is 2. The van der Waals surface area contributed by atoms with E-state index >= 15 is 0 Å². The van der Waals surface area contributed by atoms with E-state index in [0.717, 1.165) is 6.42 Å². The van der Waals surface area contributed by atoms with E-state index in [1.54, 1.807) is 0 Å². The summed E-state index contributed by atoms with van der Waals surface area (Å²) in [7, 11) is 0. The van der Waals surface area contributed by atoms with Gasteiger partial charge in [0.05, 0.1) is 5.57 Å². The van der Waals surface area contributed by atoms with Gasteiger partial charge in [0.15, 0.2) is 11.6 Å². The molecule has 0 aliphatic heterocycles. The highest BCUT2D eigenvalue weighted by Gasteiger charge is 2.41. The quantitative estimate of drug-likeness (QED) is 0.601. The topological polar surface area (TPSA) is 34.1 Å². The lowest BCUT2D eigenvalue weighted by atomic mass is 9.65. The van der Waals surface area contributed by atoms with Crippen LogP contribution < -0.4 is 0 Å². The van der Waals surface area contributed by atoms with Gasteiger partial charge in [-0.2, -0.15) is 0 Å². The van der Waals surface area contributed by atoms with Crippen LogP contribution in [0, 0.1) is 10.8 Å². The number of allylic oxidation sites excluding steroid dienone is 2. The van der Waals surface area contributed by atoms with E-state index in [4.69, 9.17) is 0 Å². The van der Waals surface area contributed by atoms with Gasteiger partial charge in [-0.25, -0.2) is 0 Å². The van der Waals surface area contributed by atoms with Gasteiger partial charge in [0.2, 0.25) is 0 Å². The minimum absolute atomic E-state index is 0.00988. The molecule has 0 spiro atoms. The summed E-state index contributed by atoms with van der Waals surface area (Å²) < 4.78 is 0. The number of Topliss-reactive ketones (excluding diaryl/α,β-unsaturated/α-hetero) is 2. The monoisotopic (exact) mass is 194 g/mol. The van der Waals surface area contributed by atoms with Crippen molar-refractivity contribution < 1.29 is 9.59 Å². The molecule has 14 heavy (non-hydrogen) atoms. The van der Waals surface area contributed by atoms with Crippen molar-refractivity contribution in [2.24, 2.45) is 10.8 Å². The number of carbonyl (C=O) groups excluding carboxylic acids is 2. The predicted molar refractivity (Wildman–Crippen MR) is 56.0 cm³/mol. The smallest absolute Gasteiger partial charge is 0.171 e.